The number of unbranched alkanes of at least 4 members (excludes halogenated alkanes) is 1. The Hall–Kier alpha value is -2.12. The van der Waals surface area contributed by atoms with E-state index in [-0.39, 0.29) is 22.6 Å². The number of hydrogen-bond donors (Lipinski definition) is 0. The number of carbonyl (C=O) groups excluding carboxylic acids is 1. The fourth-order valence-corrected chi connectivity index (χ4v) is 1.54. The Morgan fingerprint density at radius 2 is 1.85 bits per heavy atom. The molecule has 0 aliphatic heterocycles. The second-order valence-corrected chi connectivity index (χ2v) is 4.08. The number of amides is 1. The third kappa shape index (κ3) is 3.94. The largest absolute Gasteiger partial charge is 0.487 e. The van der Waals surface area contributed by atoms with Gasteiger partial charge in [-0.2, -0.15) is 0 Å². The molecule has 20 heavy (non-hydrogen) atoms. The summed E-state index contributed by atoms with van der Waals surface area (Å²) in [4.78, 5) is 21.4. The predicted molar refractivity (Wildman–Crippen MR) is 65.1 cm³/mol. The van der Waals surface area contributed by atoms with Crippen LogP contribution in [0.15, 0.2) is 24.3 Å². The third-order valence-corrected chi connectivity index (χ3v) is 2.61. The van der Waals surface area contributed by atoms with E-state index >= 15 is 0 Å². The van der Waals surface area contributed by atoms with Gasteiger partial charge in [0, 0.05) is 24.2 Å². The molecule has 1 aromatic rings. The molecule has 1 amide bonds. The molecular formula is C12H13F3N2O3. The lowest BCUT2D eigenvalue weighted by atomic mass is 10.1. The van der Waals surface area contributed by atoms with Crippen LogP contribution in [0.3, 0.4) is 0 Å². The molecule has 0 atom stereocenters. The van der Waals surface area contributed by atoms with Crippen LogP contribution in [0.2, 0.25) is 0 Å². The number of nitro groups is 1. The van der Waals surface area contributed by atoms with Crippen LogP contribution in [-0.4, -0.2) is 28.6 Å². The van der Waals surface area contributed by atoms with E-state index in [0.717, 1.165) is 24.3 Å². The van der Waals surface area contributed by atoms with Crippen LogP contribution in [0.4, 0.5) is 18.9 Å². The molecule has 8 heteroatoms. The van der Waals surface area contributed by atoms with Gasteiger partial charge in [0.25, 0.3) is 11.6 Å². The van der Waals surface area contributed by atoms with Gasteiger partial charge in [-0.15, -0.1) is 13.2 Å². The second kappa shape index (κ2) is 6.36. The quantitative estimate of drug-likeness (QED) is 0.474. The Labute approximate surface area is 113 Å². The van der Waals surface area contributed by atoms with Gasteiger partial charge >= 0.3 is 6.30 Å². The summed E-state index contributed by atoms with van der Waals surface area (Å²) in [6.45, 7) is 1.28. The van der Waals surface area contributed by atoms with Crippen LogP contribution in [-0.2, 0) is 0 Å². The fraction of sp³-hybridized carbons (Fsp3) is 0.417. The van der Waals surface area contributed by atoms with E-state index in [9.17, 15) is 28.1 Å². The minimum absolute atomic E-state index is 0.183. The number of rotatable bonds is 5. The van der Waals surface area contributed by atoms with Crippen LogP contribution in [0, 0.1) is 10.1 Å². The zero-order valence-electron chi connectivity index (χ0n) is 10.7. The molecule has 0 saturated carbocycles. The highest BCUT2D eigenvalue weighted by Crippen LogP contribution is 2.24. The molecule has 0 radical (unpaired) electrons. The summed E-state index contributed by atoms with van der Waals surface area (Å²) in [5.74, 6) is -1.21. The summed E-state index contributed by atoms with van der Waals surface area (Å²) in [7, 11) is 0. The Balaban J connectivity index is 2.97. The van der Waals surface area contributed by atoms with Crippen molar-refractivity contribution in [2.24, 2.45) is 0 Å². The van der Waals surface area contributed by atoms with Gasteiger partial charge in [-0.1, -0.05) is 13.3 Å². The first-order valence-corrected chi connectivity index (χ1v) is 5.90. The van der Waals surface area contributed by atoms with Gasteiger partial charge in [0.05, 0.1) is 4.92 Å². The maximum Gasteiger partial charge on any atom is 0.487 e. The van der Waals surface area contributed by atoms with Gasteiger partial charge in [0.1, 0.15) is 0 Å². The van der Waals surface area contributed by atoms with Crippen molar-refractivity contribution in [3.8, 4) is 0 Å². The van der Waals surface area contributed by atoms with Crippen LogP contribution >= 0.6 is 0 Å². The van der Waals surface area contributed by atoms with Gasteiger partial charge in [-0.25, -0.2) is 4.90 Å². The zero-order chi connectivity index (χ0) is 15.3. The second-order valence-electron chi connectivity index (χ2n) is 4.08. The smallest absolute Gasteiger partial charge is 0.269 e. The minimum atomic E-state index is -4.77. The number of benzene rings is 1. The number of carbonyl (C=O) groups is 1. The van der Waals surface area contributed by atoms with Gasteiger partial charge in [-0.3, -0.25) is 14.9 Å². The van der Waals surface area contributed by atoms with Crippen LogP contribution in [0.5, 0.6) is 0 Å². The van der Waals surface area contributed by atoms with E-state index in [2.05, 4.69) is 0 Å². The van der Waals surface area contributed by atoms with Crippen molar-refractivity contribution in [2.45, 2.75) is 26.1 Å². The number of non-ortho nitro benzene ring substituents is 1. The number of nitrogens with zero attached hydrogens (tertiary/aromatic N) is 2. The Kier molecular flexibility index (Phi) is 5.06. The van der Waals surface area contributed by atoms with Crippen LogP contribution in [0.1, 0.15) is 30.1 Å². The Bertz CT molecular complexity index is 486. The SMILES string of the molecule is CCCCN(C(=O)c1ccc([N+](=O)[O-])cc1)C(F)(F)F. The highest BCUT2D eigenvalue weighted by Gasteiger charge is 2.40. The first-order chi connectivity index (χ1) is 9.27. The molecule has 0 aliphatic rings. The zero-order valence-corrected chi connectivity index (χ0v) is 10.7. The molecule has 0 aromatic heterocycles. The van der Waals surface area contributed by atoms with Crippen molar-refractivity contribution in [1.29, 1.82) is 0 Å². The predicted octanol–water partition coefficient (Wildman–Crippen LogP) is 3.36. The Morgan fingerprint density at radius 1 is 1.30 bits per heavy atom. The molecule has 0 heterocycles. The molecule has 0 spiro atoms. The molecule has 1 aromatic carbocycles. The first-order valence-electron chi connectivity index (χ1n) is 5.90. The molecule has 0 N–H and O–H groups in total. The van der Waals surface area contributed by atoms with E-state index < -0.39 is 23.7 Å². The Morgan fingerprint density at radius 3 is 2.25 bits per heavy atom. The first kappa shape index (κ1) is 15.9. The molecule has 0 aliphatic carbocycles. The standard InChI is InChI=1S/C12H13F3N2O3/c1-2-3-8-16(12(13,14)15)11(18)9-4-6-10(7-5-9)17(19)20/h4-7H,2-3,8H2,1H3. The normalized spacial score (nSPS) is 11.2. The van der Waals surface area contributed by atoms with E-state index in [1.54, 1.807) is 6.92 Å². The number of nitro benzene ring substituents is 1. The summed E-state index contributed by atoms with van der Waals surface area (Å²) >= 11 is 0. The van der Waals surface area contributed by atoms with E-state index in [4.69, 9.17) is 0 Å². The molecular weight excluding hydrogens is 277 g/mol. The van der Waals surface area contributed by atoms with Crippen molar-refractivity contribution < 1.29 is 22.9 Å². The maximum absolute atomic E-state index is 12.8. The van der Waals surface area contributed by atoms with E-state index in [1.165, 1.54) is 0 Å². The van der Waals surface area contributed by atoms with Crippen LogP contribution in [0.25, 0.3) is 0 Å². The van der Waals surface area contributed by atoms with Gasteiger partial charge in [0.15, 0.2) is 0 Å². The summed E-state index contributed by atoms with van der Waals surface area (Å²) in [6.07, 6.45) is -4.04. The topological polar surface area (TPSA) is 63.5 Å². The van der Waals surface area contributed by atoms with Crippen molar-refractivity contribution in [1.82, 2.24) is 4.90 Å². The number of hydrogen-bond acceptors (Lipinski definition) is 3. The number of alkyl halides is 3. The van der Waals surface area contributed by atoms with Gasteiger partial charge < -0.3 is 0 Å². The molecule has 0 unspecified atom stereocenters. The van der Waals surface area contributed by atoms with Gasteiger partial charge in [-0.05, 0) is 18.6 Å². The fourth-order valence-electron chi connectivity index (χ4n) is 1.54. The molecule has 0 bridgehead atoms. The summed E-state index contributed by atoms with van der Waals surface area (Å²) in [6, 6.07) is 4.04. The lowest BCUT2D eigenvalue weighted by Crippen LogP contribution is -2.43. The van der Waals surface area contributed by atoms with Crippen molar-refractivity contribution in [2.75, 3.05) is 6.54 Å². The van der Waals surface area contributed by atoms with Crippen molar-refractivity contribution >= 4 is 11.6 Å². The molecule has 1 rings (SSSR count). The maximum atomic E-state index is 12.8. The number of halogens is 3. The van der Waals surface area contributed by atoms with Crippen LogP contribution < -0.4 is 0 Å². The lowest BCUT2D eigenvalue weighted by Gasteiger charge is -2.24. The van der Waals surface area contributed by atoms with E-state index in [1.807, 2.05) is 0 Å². The molecule has 0 saturated heterocycles. The molecule has 5 nitrogen and oxygen atoms in total. The average molecular weight is 290 g/mol. The monoisotopic (exact) mass is 290 g/mol. The average Bonchev–Trinajstić information content (AvgIpc) is 2.37. The summed E-state index contributed by atoms with van der Waals surface area (Å²) < 4.78 is 38.4. The minimum Gasteiger partial charge on any atom is -0.269 e. The summed E-state index contributed by atoms with van der Waals surface area (Å²) in [5, 5.41) is 10.4. The highest BCUT2D eigenvalue weighted by atomic mass is 19.4. The van der Waals surface area contributed by atoms with Crippen molar-refractivity contribution in [3.63, 3.8) is 0 Å². The lowest BCUT2D eigenvalue weighted by molar-refractivity contribution is -0.384. The third-order valence-electron chi connectivity index (χ3n) is 2.61. The van der Waals surface area contributed by atoms with E-state index in [0.29, 0.717) is 6.42 Å². The highest BCUT2D eigenvalue weighted by molar-refractivity contribution is 5.94. The van der Waals surface area contributed by atoms with Gasteiger partial charge in [0.2, 0.25) is 0 Å². The summed E-state index contributed by atoms with van der Waals surface area (Å²) in [5.41, 5.74) is -0.516. The molecule has 0 fully saturated rings. The van der Waals surface area contributed by atoms with Crippen molar-refractivity contribution in [3.05, 3.63) is 39.9 Å². The molecule has 110 valence electrons.